The Labute approximate surface area is 90.7 Å². The Morgan fingerprint density at radius 3 is 2.60 bits per heavy atom. The van der Waals surface area contributed by atoms with E-state index in [9.17, 15) is 0 Å². The third-order valence-corrected chi connectivity index (χ3v) is 2.44. The van der Waals surface area contributed by atoms with Gasteiger partial charge in [0.25, 0.3) is 0 Å². The van der Waals surface area contributed by atoms with Crippen LogP contribution in [0.2, 0.25) is 0 Å². The van der Waals surface area contributed by atoms with Crippen LogP contribution < -0.4 is 0 Å². The molecule has 0 aromatic heterocycles. The highest BCUT2D eigenvalue weighted by Gasteiger charge is 2.18. The van der Waals surface area contributed by atoms with Crippen molar-refractivity contribution in [2.24, 2.45) is 0 Å². The molecule has 0 aromatic rings. The van der Waals surface area contributed by atoms with Crippen molar-refractivity contribution in [3.63, 3.8) is 0 Å². The Balaban J connectivity index is 2.91. The molecule has 1 aliphatic carbocycles. The second-order valence-electron chi connectivity index (χ2n) is 3.45. The molecule has 0 radical (unpaired) electrons. The van der Waals surface area contributed by atoms with Gasteiger partial charge in [0.05, 0.1) is 5.71 Å². The predicted octanol–water partition coefficient (Wildman–Crippen LogP) is 3.43. The van der Waals surface area contributed by atoms with Gasteiger partial charge >= 0.3 is 0 Å². The predicted molar refractivity (Wildman–Crippen MR) is 65.9 cm³/mol. The molecule has 0 saturated heterocycles. The lowest BCUT2D eigenvalue weighted by Gasteiger charge is -1.95. The summed E-state index contributed by atoms with van der Waals surface area (Å²) in [6.07, 6.45) is 11.6. The summed E-state index contributed by atoms with van der Waals surface area (Å²) in [4.78, 5) is 0. The van der Waals surface area contributed by atoms with Gasteiger partial charge in [-0.3, -0.25) is 0 Å². The summed E-state index contributed by atoms with van der Waals surface area (Å²) < 4.78 is 0. The molecule has 2 N–H and O–H groups in total. The first-order valence-electron chi connectivity index (χ1n) is 4.98. The van der Waals surface area contributed by atoms with Crippen LogP contribution in [-0.4, -0.2) is 11.9 Å². The molecule has 15 heavy (non-hydrogen) atoms. The maximum atomic E-state index is 7.91. The average molecular weight is 200 g/mol. The van der Waals surface area contributed by atoms with E-state index in [1.165, 1.54) is 6.21 Å². The summed E-state index contributed by atoms with van der Waals surface area (Å²) in [5, 5.41) is 14.8. The van der Waals surface area contributed by atoms with Crippen LogP contribution in [0.5, 0.6) is 0 Å². The van der Waals surface area contributed by atoms with Gasteiger partial charge in [0.2, 0.25) is 0 Å². The van der Waals surface area contributed by atoms with Crippen LogP contribution in [-0.2, 0) is 0 Å². The van der Waals surface area contributed by atoms with Gasteiger partial charge in [0, 0.05) is 6.21 Å². The van der Waals surface area contributed by atoms with Crippen molar-refractivity contribution in [2.45, 2.75) is 20.3 Å². The fraction of sp³-hybridized carbons (Fsp3) is 0.231. The van der Waals surface area contributed by atoms with Gasteiger partial charge in [-0.15, -0.1) is 0 Å². The molecule has 0 saturated carbocycles. The molecule has 78 valence electrons. The minimum atomic E-state index is 0.623. The molecule has 2 heteroatoms. The number of allylic oxidation sites excluding steroid dienone is 8. The van der Waals surface area contributed by atoms with Gasteiger partial charge in [-0.05, 0) is 43.1 Å². The SMILES string of the molecule is C/C=C\C=C1\CC(/C=C\C=N)=C(C)C1=N. The van der Waals surface area contributed by atoms with E-state index >= 15 is 0 Å². The van der Waals surface area contributed by atoms with Gasteiger partial charge in [0.1, 0.15) is 0 Å². The minimum Gasteiger partial charge on any atom is -0.309 e. The first-order chi connectivity index (χ1) is 7.20. The van der Waals surface area contributed by atoms with Crippen LogP contribution in [0.3, 0.4) is 0 Å². The van der Waals surface area contributed by atoms with Gasteiger partial charge in [-0.1, -0.05) is 24.3 Å². The van der Waals surface area contributed by atoms with Crippen LogP contribution in [0.1, 0.15) is 20.3 Å². The van der Waals surface area contributed by atoms with Gasteiger partial charge in [-0.2, -0.15) is 0 Å². The van der Waals surface area contributed by atoms with E-state index < -0.39 is 0 Å². The Hall–Kier alpha value is -1.70. The smallest absolute Gasteiger partial charge is 0.0607 e. The van der Waals surface area contributed by atoms with E-state index in [4.69, 9.17) is 10.8 Å². The molecule has 0 aromatic carbocycles. The summed E-state index contributed by atoms with van der Waals surface area (Å²) in [6.45, 7) is 3.92. The van der Waals surface area contributed by atoms with E-state index in [1.807, 2.05) is 38.2 Å². The second-order valence-corrected chi connectivity index (χ2v) is 3.45. The maximum absolute atomic E-state index is 7.91. The van der Waals surface area contributed by atoms with E-state index in [-0.39, 0.29) is 0 Å². The monoisotopic (exact) mass is 200 g/mol. The summed E-state index contributed by atoms with van der Waals surface area (Å²) >= 11 is 0. The number of hydrogen-bond acceptors (Lipinski definition) is 2. The van der Waals surface area contributed by atoms with Crippen molar-refractivity contribution in [1.29, 1.82) is 10.8 Å². The molecule has 0 atom stereocenters. The minimum absolute atomic E-state index is 0.623. The normalized spacial score (nSPS) is 20.1. The van der Waals surface area contributed by atoms with E-state index in [1.54, 1.807) is 6.08 Å². The van der Waals surface area contributed by atoms with E-state index in [2.05, 4.69) is 0 Å². The lowest BCUT2D eigenvalue weighted by atomic mass is 10.1. The average Bonchev–Trinajstić information content (AvgIpc) is 2.51. The molecule has 0 amide bonds. The Bertz CT molecular complexity index is 393. The molecule has 2 nitrogen and oxygen atoms in total. The van der Waals surface area contributed by atoms with Crippen molar-refractivity contribution >= 4 is 11.9 Å². The Kier molecular flexibility index (Phi) is 3.98. The van der Waals surface area contributed by atoms with Gasteiger partial charge in [-0.25, -0.2) is 0 Å². The third kappa shape index (κ3) is 2.62. The fourth-order valence-electron chi connectivity index (χ4n) is 1.53. The summed E-state index contributed by atoms with van der Waals surface area (Å²) in [5.74, 6) is 0. The number of nitrogens with one attached hydrogen (secondary N) is 2. The zero-order valence-corrected chi connectivity index (χ0v) is 9.17. The quantitative estimate of drug-likeness (QED) is 0.656. The molecule has 0 spiro atoms. The molecule has 0 bridgehead atoms. The fourth-order valence-corrected chi connectivity index (χ4v) is 1.53. The summed E-state index contributed by atoms with van der Waals surface area (Å²) in [5.41, 5.74) is 3.83. The number of rotatable bonds is 3. The van der Waals surface area contributed by atoms with Crippen molar-refractivity contribution < 1.29 is 0 Å². The topological polar surface area (TPSA) is 47.7 Å². The molecule has 1 rings (SSSR count). The van der Waals surface area contributed by atoms with Crippen molar-refractivity contribution in [1.82, 2.24) is 0 Å². The number of hydrogen-bond donors (Lipinski definition) is 2. The highest BCUT2D eigenvalue weighted by Crippen LogP contribution is 2.28. The molecular weight excluding hydrogens is 184 g/mol. The molecule has 0 fully saturated rings. The molecule has 1 aliphatic rings. The molecule has 0 heterocycles. The van der Waals surface area contributed by atoms with Crippen LogP contribution in [0.4, 0.5) is 0 Å². The highest BCUT2D eigenvalue weighted by atomic mass is 14.5. The van der Waals surface area contributed by atoms with Crippen molar-refractivity contribution in [3.05, 3.63) is 47.1 Å². The maximum Gasteiger partial charge on any atom is 0.0607 e. The first kappa shape index (κ1) is 11.4. The van der Waals surface area contributed by atoms with Crippen molar-refractivity contribution in [3.8, 4) is 0 Å². The molecule has 0 aliphatic heterocycles. The zero-order chi connectivity index (χ0) is 11.3. The van der Waals surface area contributed by atoms with E-state index in [0.29, 0.717) is 5.71 Å². The van der Waals surface area contributed by atoms with Crippen LogP contribution >= 0.6 is 0 Å². The van der Waals surface area contributed by atoms with E-state index in [0.717, 1.165) is 23.1 Å². The van der Waals surface area contributed by atoms with Crippen molar-refractivity contribution in [2.75, 3.05) is 0 Å². The van der Waals surface area contributed by atoms with Gasteiger partial charge < -0.3 is 10.8 Å². The zero-order valence-electron chi connectivity index (χ0n) is 9.17. The summed E-state index contributed by atoms with van der Waals surface area (Å²) in [7, 11) is 0. The third-order valence-electron chi connectivity index (χ3n) is 2.44. The highest BCUT2D eigenvalue weighted by molar-refractivity contribution is 6.14. The van der Waals surface area contributed by atoms with Crippen LogP contribution in [0.25, 0.3) is 0 Å². The first-order valence-corrected chi connectivity index (χ1v) is 4.98. The largest absolute Gasteiger partial charge is 0.309 e. The lowest BCUT2D eigenvalue weighted by Crippen LogP contribution is -1.93. The molecule has 0 unspecified atom stereocenters. The second kappa shape index (κ2) is 5.25. The lowest BCUT2D eigenvalue weighted by molar-refractivity contribution is 1.26. The Morgan fingerprint density at radius 2 is 2.00 bits per heavy atom. The summed E-state index contributed by atoms with van der Waals surface area (Å²) in [6, 6.07) is 0. The Morgan fingerprint density at radius 1 is 1.27 bits per heavy atom. The van der Waals surface area contributed by atoms with Crippen LogP contribution in [0.15, 0.2) is 47.1 Å². The standard InChI is InChI=1S/C13H16N2/c1-3-4-6-12-9-11(7-5-8-14)10(2)13(12)15/h3-8,14-15H,9H2,1-2H3/b4-3-,7-5-,12-6-,14-8?,15-13?. The molecular formula is C13H16N2. The van der Waals surface area contributed by atoms with Crippen LogP contribution in [0, 0.1) is 10.8 Å². The van der Waals surface area contributed by atoms with Gasteiger partial charge in [0.15, 0.2) is 0 Å².